The molecule has 3 heteroatoms. The zero-order valence-corrected chi connectivity index (χ0v) is 22.0. The van der Waals surface area contributed by atoms with Crippen LogP contribution in [0.4, 0.5) is 0 Å². The third kappa shape index (κ3) is 3.62. The Kier molecular flexibility index (Phi) is 5.01. The van der Waals surface area contributed by atoms with Gasteiger partial charge in [-0.3, -0.25) is 0 Å². The maximum atomic E-state index is 6.26. The van der Waals surface area contributed by atoms with E-state index < -0.39 is 0 Å². The van der Waals surface area contributed by atoms with E-state index in [1.54, 1.807) is 0 Å². The Morgan fingerprint density at radius 1 is 0.436 bits per heavy atom. The second kappa shape index (κ2) is 8.73. The van der Waals surface area contributed by atoms with Gasteiger partial charge < -0.3 is 4.57 Å². The van der Waals surface area contributed by atoms with Gasteiger partial charge in [-0.05, 0) is 76.9 Å². The van der Waals surface area contributed by atoms with Crippen molar-refractivity contribution in [1.29, 1.82) is 0 Å². The Morgan fingerprint density at radius 3 is 1.62 bits per heavy atom. The average Bonchev–Trinajstić information content (AvgIpc) is 3.52. The fourth-order valence-corrected chi connectivity index (χ4v) is 6.91. The van der Waals surface area contributed by atoms with E-state index in [1.165, 1.54) is 58.7 Å². The number of aromatic nitrogens is 1. The van der Waals surface area contributed by atoms with Gasteiger partial charge in [-0.15, -0.1) is 11.3 Å². The monoisotopic (exact) mass is 511 g/mol. The molecule has 0 saturated carbocycles. The summed E-state index contributed by atoms with van der Waals surface area (Å²) in [4.78, 5) is 0. The topological polar surface area (TPSA) is 4.93 Å². The molecule has 0 saturated heterocycles. The van der Waals surface area contributed by atoms with E-state index in [4.69, 9.17) is 7.85 Å². The third-order valence-corrected chi connectivity index (χ3v) is 8.87. The summed E-state index contributed by atoms with van der Waals surface area (Å²) in [6.45, 7) is 0. The zero-order chi connectivity index (χ0) is 25.9. The van der Waals surface area contributed by atoms with Gasteiger partial charge in [0.1, 0.15) is 7.85 Å². The number of fused-ring (bicyclic) bond motifs is 6. The maximum absolute atomic E-state index is 6.26. The van der Waals surface area contributed by atoms with E-state index in [2.05, 4.69) is 132 Å². The van der Waals surface area contributed by atoms with Gasteiger partial charge in [0.25, 0.3) is 0 Å². The van der Waals surface area contributed by atoms with Crippen LogP contribution in [-0.4, -0.2) is 12.4 Å². The molecule has 2 aromatic heterocycles. The third-order valence-electron chi connectivity index (χ3n) is 7.71. The van der Waals surface area contributed by atoms with Gasteiger partial charge in [-0.25, -0.2) is 0 Å². The summed E-state index contributed by atoms with van der Waals surface area (Å²) < 4.78 is 4.96. The summed E-state index contributed by atoms with van der Waals surface area (Å²) in [5, 5.41) is 5.00. The molecular weight excluding hydrogens is 489 g/mol. The minimum Gasteiger partial charge on any atom is -0.309 e. The minimum absolute atomic E-state index is 0.778. The van der Waals surface area contributed by atoms with Crippen LogP contribution in [0.2, 0.25) is 0 Å². The highest BCUT2D eigenvalue weighted by Crippen LogP contribution is 2.40. The van der Waals surface area contributed by atoms with Crippen LogP contribution in [0.1, 0.15) is 0 Å². The predicted octanol–water partition coefficient (Wildman–Crippen LogP) is 9.28. The summed E-state index contributed by atoms with van der Waals surface area (Å²) in [6.07, 6.45) is 0. The Morgan fingerprint density at radius 2 is 0.949 bits per heavy atom. The standard InChI is InChI=1S/C36H22BNS/c37-27-14-16-34-30(22-27)29-19-25(11-15-33(29)38(34)28-9-5-2-6-10-28)26-13-18-36-32(21-26)31-20-24(12-17-35(31)39-36)23-7-3-1-4-8-23/h1-22H. The number of hydrogen-bond acceptors (Lipinski definition) is 1. The van der Waals surface area contributed by atoms with Crippen molar-refractivity contribution in [1.82, 2.24) is 4.57 Å². The first-order valence-electron chi connectivity index (χ1n) is 13.1. The number of thiophene rings is 1. The number of rotatable bonds is 3. The van der Waals surface area contributed by atoms with Crippen molar-refractivity contribution in [2.24, 2.45) is 0 Å². The molecule has 2 radical (unpaired) electrons. The molecule has 1 nitrogen and oxygen atoms in total. The molecule has 0 aliphatic carbocycles. The molecule has 0 spiro atoms. The van der Waals surface area contributed by atoms with Crippen LogP contribution in [0.5, 0.6) is 0 Å². The quantitative estimate of drug-likeness (QED) is 0.208. The van der Waals surface area contributed by atoms with Gasteiger partial charge in [0, 0.05) is 36.6 Å². The molecule has 0 atom stereocenters. The van der Waals surface area contributed by atoms with E-state index in [0.29, 0.717) is 0 Å². The average molecular weight is 511 g/mol. The van der Waals surface area contributed by atoms with Crippen LogP contribution in [0.3, 0.4) is 0 Å². The summed E-state index contributed by atoms with van der Waals surface area (Å²) in [5.41, 5.74) is 9.19. The van der Waals surface area contributed by atoms with E-state index in [-0.39, 0.29) is 0 Å². The highest BCUT2D eigenvalue weighted by molar-refractivity contribution is 7.25. The van der Waals surface area contributed by atoms with Crippen molar-refractivity contribution in [3.05, 3.63) is 133 Å². The van der Waals surface area contributed by atoms with Gasteiger partial charge in [-0.1, -0.05) is 84.3 Å². The van der Waals surface area contributed by atoms with Crippen molar-refractivity contribution >= 4 is 66.6 Å². The highest BCUT2D eigenvalue weighted by atomic mass is 32.1. The number of hydrogen-bond donors (Lipinski definition) is 0. The number of para-hydroxylation sites is 1. The number of benzene rings is 6. The molecule has 0 aliphatic rings. The van der Waals surface area contributed by atoms with Crippen molar-refractivity contribution < 1.29 is 0 Å². The molecule has 0 amide bonds. The predicted molar refractivity (Wildman–Crippen MR) is 170 cm³/mol. The van der Waals surface area contributed by atoms with Crippen LogP contribution in [0.15, 0.2) is 133 Å². The Hall–Kier alpha value is -4.60. The molecule has 8 rings (SSSR count). The molecule has 0 bridgehead atoms. The molecule has 2 heterocycles. The second-order valence-electron chi connectivity index (χ2n) is 10.1. The van der Waals surface area contributed by atoms with Gasteiger partial charge in [0.15, 0.2) is 0 Å². The first-order valence-corrected chi connectivity index (χ1v) is 14.0. The van der Waals surface area contributed by atoms with Crippen LogP contribution in [-0.2, 0) is 0 Å². The Bertz CT molecular complexity index is 2170. The second-order valence-corrected chi connectivity index (χ2v) is 11.2. The number of nitrogens with zero attached hydrogens (tertiary/aromatic N) is 1. The van der Waals surface area contributed by atoms with E-state index >= 15 is 0 Å². The molecule has 0 aliphatic heterocycles. The van der Waals surface area contributed by atoms with E-state index in [0.717, 1.165) is 16.7 Å². The molecule has 6 aromatic carbocycles. The van der Waals surface area contributed by atoms with Crippen molar-refractivity contribution in [2.45, 2.75) is 0 Å². The minimum atomic E-state index is 0.778. The normalized spacial score (nSPS) is 11.7. The van der Waals surface area contributed by atoms with Crippen molar-refractivity contribution in [3.63, 3.8) is 0 Å². The molecule has 8 aromatic rings. The Labute approximate surface area is 232 Å². The fraction of sp³-hybridized carbons (Fsp3) is 0. The first-order chi connectivity index (χ1) is 19.2. The lowest BCUT2D eigenvalue weighted by atomic mass is 9.94. The van der Waals surface area contributed by atoms with Crippen LogP contribution < -0.4 is 5.46 Å². The van der Waals surface area contributed by atoms with Crippen LogP contribution in [0.25, 0.3) is 69.9 Å². The summed E-state index contributed by atoms with van der Waals surface area (Å²) in [5.74, 6) is 0. The lowest BCUT2D eigenvalue weighted by Crippen LogP contribution is -2.00. The lowest BCUT2D eigenvalue weighted by molar-refractivity contribution is 1.18. The first kappa shape index (κ1) is 22.4. The molecule has 0 N–H and O–H groups in total. The molecule has 0 fully saturated rings. The molecule has 0 unspecified atom stereocenters. The highest BCUT2D eigenvalue weighted by Gasteiger charge is 2.14. The smallest absolute Gasteiger partial charge is 0.113 e. The van der Waals surface area contributed by atoms with E-state index in [9.17, 15) is 0 Å². The summed E-state index contributed by atoms with van der Waals surface area (Å²) >= 11 is 1.86. The van der Waals surface area contributed by atoms with Gasteiger partial charge in [0.05, 0.1) is 11.0 Å². The summed E-state index contributed by atoms with van der Waals surface area (Å²) in [7, 11) is 6.26. The molecule has 180 valence electrons. The van der Waals surface area contributed by atoms with Gasteiger partial charge in [-0.2, -0.15) is 0 Å². The molecule has 39 heavy (non-hydrogen) atoms. The van der Waals surface area contributed by atoms with Crippen LogP contribution >= 0.6 is 11.3 Å². The fourth-order valence-electron chi connectivity index (χ4n) is 5.84. The summed E-state index contributed by atoms with van der Waals surface area (Å²) in [6, 6.07) is 47.9. The SMILES string of the molecule is [B]c1ccc2c(c1)c1cc(-c3ccc4sc5ccc(-c6ccccc6)cc5c4c3)ccc1n2-c1ccccc1. The zero-order valence-electron chi connectivity index (χ0n) is 21.1. The van der Waals surface area contributed by atoms with Gasteiger partial charge in [0.2, 0.25) is 0 Å². The lowest BCUT2D eigenvalue weighted by Gasteiger charge is -2.08. The maximum Gasteiger partial charge on any atom is 0.113 e. The van der Waals surface area contributed by atoms with Crippen molar-refractivity contribution in [3.8, 4) is 27.9 Å². The van der Waals surface area contributed by atoms with Gasteiger partial charge >= 0.3 is 0 Å². The van der Waals surface area contributed by atoms with Crippen LogP contribution in [0, 0.1) is 0 Å². The largest absolute Gasteiger partial charge is 0.309 e. The van der Waals surface area contributed by atoms with Crippen molar-refractivity contribution in [2.75, 3.05) is 0 Å². The molecular formula is C36H22BNS. The van der Waals surface area contributed by atoms with E-state index in [1.807, 2.05) is 17.4 Å². The Balaban J connectivity index is 1.33.